The van der Waals surface area contributed by atoms with Crippen molar-refractivity contribution in [2.45, 2.75) is 25.0 Å². The third kappa shape index (κ3) is 3.55. The Morgan fingerprint density at radius 3 is 2.87 bits per heavy atom. The van der Waals surface area contributed by atoms with Gasteiger partial charge in [0.05, 0.1) is 11.0 Å². The highest BCUT2D eigenvalue weighted by atomic mass is 16.6. The summed E-state index contributed by atoms with van der Waals surface area (Å²) in [4.78, 5) is 16.7. The minimum absolute atomic E-state index is 0.00801. The number of rotatable bonds is 5. The minimum atomic E-state index is -0.739. The molecule has 3 rings (SSSR count). The maximum atomic E-state index is 10.9. The molecular weight excluding hydrogens is 294 g/mol. The molecule has 1 N–H and O–H groups in total. The zero-order valence-corrected chi connectivity index (χ0v) is 12.7. The molecule has 0 saturated carbocycles. The first-order valence-corrected chi connectivity index (χ1v) is 7.71. The Morgan fingerprint density at radius 1 is 1.35 bits per heavy atom. The second kappa shape index (κ2) is 6.85. The maximum Gasteiger partial charge on any atom is 0.269 e. The third-order valence-electron chi connectivity index (χ3n) is 4.33. The van der Waals surface area contributed by atoms with Gasteiger partial charge in [-0.1, -0.05) is 12.1 Å². The lowest BCUT2D eigenvalue weighted by molar-refractivity contribution is -0.385. The molecule has 2 heterocycles. The first kappa shape index (κ1) is 15.6. The summed E-state index contributed by atoms with van der Waals surface area (Å²) in [7, 11) is 0. The summed E-state index contributed by atoms with van der Waals surface area (Å²) in [6.07, 6.45) is 4.95. The molecule has 120 valence electrons. The van der Waals surface area contributed by atoms with Crippen LogP contribution in [0.25, 0.3) is 0 Å². The Labute approximate surface area is 134 Å². The van der Waals surface area contributed by atoms with E-state index in [9.17, 15) is 15.2 Å². The van der Waals surface area contributed by atoms with Crippen molar-refractivity contribution >= 4 is 5.69 Å². The van der Waals surface area contributed by atoms with E-state index in [1.54, 1.807) is 24.5 Å². The number of nitro groups is 1. The highest BCUT2D eigenvalue weighted by Gasteiger charge is 2.28. The average molecular weight is 313 g/mol. The minimum Gasteiger partial charge on any atom is -0.387 e. The van der Waals surface area contributed by atoms with E-state index in [2.05, 4.69) is 9.88 Å². The van der Waals surface area contributed by atoms with Crippen molar-refractivity contribution in [3.05, 3.63) is 70.0 Å². The summed E-state index contributed by atoms with van der Waals surface area (Å²) >= 11 is 0. The Balaban J connectivity index is 1.73. The molecule has 1 aliphatic heterocycles. The fourth-order valence-corrected chi connectivity index (χ4v) is 3.18. The van der Waals surface area contributed by atoms with Crippen LogP contribution in [0.5, 0.6) is 0 Å². The van der Waals surface area contributed by atoms with Crippen molar-refractivity contribution in [1.82, 2.24) is 9.88 Å². The number of hydrogen-bond donors (Lipinski definition) is 1. The molecule has 0 radical (unpaired) electrons. The topological polar surface area (TPSA) is 79.5 Å². The normalized spacial score (nSPS) is 19.6. The molecule has 6 nitrogen and oxygen atoms in total. The van der Waals surface area contributed by atoms with E-state index < -0.39 is 11.0 Å². The van der Waals surface area contributed by atoms with Crippen LogP contribution in [-0.4, -0.2) is 33.0 Å². The molecule has 0 spiro atoms. The van der Waals surface area contributed by atoms with E-state index in [0.717, 1.165) is 19.4 Å². The van der Waals surface area contributed by atoms with Gasteiger partial charge < -0.3 is 5.11 Å². The van der Waals surface area contributed by atoms with Gasteiger partial charge in [0.25, 0.3) is 5.69 Å². The van der Waals surface area contributed by atoms with Crippen LogP contribution in [0.2, 0.25) is 0 Å². The van der Waals surface area contributed by atoms with E-state index in [1.165, 1.54) is 17.7 Å². The second-order valence-electron chi connectivity index (χ2n) is 5.80. The molecule has 2 aromatic rings. The van der Waals surface area contributed by atoms with E-state index >= 15 is 0 Å². The lowest BCUT2D eigenvalue weighted by Crippen LogP contribution is -2.28. The van der Waals surface area contributed by atoms with Crippen LogP contribution in [0, 0.1) is 10.1 Å². The number of likely N-dealkylation sites (tertiary alicyclic amines) is 1. The van der Waals surface area contributed by atoms with Crippen LogP contribution in [0.15, 0.2) is 48.8 Å². The molecule has 0 bridgehead atoms. The van der Waals surface area contributed by atoms with Crippen LogP contribution in [-0.2, 0) is 0 Å². The number of nitrogens with zero attached hydrogens (tertiary/aromatic N) is 3. The summed E-state index contributed by atoms with van der Waals surface area (Å²) in [5, 5.41) is 21.3. The summed E-state index contributed by atoms with van der Waals surface area (Å²) in [6, 6.07) is 10.5. The van der Waals surface area contributed by atoms with Gasteiger partial charge >= 0.3 is 0 Å². The zero-order valence-electron chi connectivity index (χ0n) is 12.7. The summed E-state index contributed by atoms with van der Waals surface area (Å²) in [5.74, 6) is 0. The zero-order chi connectivity index (χ0) is 16.2. The van der Waals surface area contributed by atoms with Gasteiger partial charge in [0.1, 0.15) is 0 Å². The quantitative estimate of drug-likeness (QED) is 0.678. The summed E-state index contributed by atoms with van der Waals surface area (Å²) in [6.45, 7) is 1.38. The van der Waals surface area contributed by atoms with Crippen LogP contribution >= 0.6 is 0 Å². The largest absolute Gasteiger partial charge is 0.387 e. The molecule has 1 saturated heterocycles. The fraction of sp³-hybridized carbons (Fsp3) is 0.353. The lowest BCUT2D eigenvalue weighted by atomic mass is 10.0. The summed E-state index contributed by atoms with van der Waals surface area (Å²) in [5.41, 5.74) is 1.79. The van der Waals surface area contributed by atoms with Crippen molar-refractivity contribution in [1.29, 1.82) is 0 Å². The molecule has 2 atom stereocenters. The fourth-order valence-electron chi connectivity index (χ4n) is 3.18. The number of benzene rings is 1. The Kier molecular flexibility index (Phi) is 4.64. The standard InChI is InChI=1S/C17H19N3O3/c21-17(14-3-1-4-15(11-14)20(22)23)12-19-10-2-5-16(19)13-6-8-18-9-7-13/h1,3-4,6-9,11,16-17,21H,2,5,10,12H2. The number of pyridine rings is 1. The number of β-amino-alcohol motifs (C(OH)–C–C–N with tert-alkyl or cyclic N) is 1. The number of non-ortho nitro benzene ring substituents is 1. The molecular formula is C17H19N3O3. The molecule has 2 unspecified atom stereocenters. The van der Waals surface area contributed by atoms with Gasteiger partial charge in [-0.25, -0.2) is 0 Å². The monoisotopic (exact) mass is 313 g/mol. The Morgan fingerprint density at radius 2 is 2.13 bits per heavy atom. The van der Waals surface area contributed by atoms with Gasteiger partial charge in [0.15, 0.2) is 0 Å². The molecule has 1 fully saturated rings. The van der Waals surface area contributed by atoms with Crippen LogP contribution in [0.3, 0.4) is 0 Å². The first-order chi connectivity index (χ1) is 11.1. The smallest absolute Gasteiger partial charge is 0.269 e. The molecule has 1 aliphatic rings. The van der Waals surface area contributed by atoms with Crippen LogP contribution < -0.4 is 0 Å². The lowest BCUT2D eigenvalue weighted by Gasteiger charge is -2.27. The maximum absolute atomic E-state index is 10.9. The average Bonchev–Trinajstić information content (AvgIpc) is 3.04. The van der Waals surface area contributed by atoms with Crippen molar-refractivity contribution in [2.75, 3.05) is 13.1 Å². The van der Waals surface area contributed by atoms with Gasteiger partial charge in [0.2, 0.25) is 0 Å². The Bertz CT molecular complexity index is 678. The predicted molar refractivity (Wildman–Crippen MR) is 85.8 cm³/mol. The van der Waals surface area contributed by atoms with Crippen LogP contribution in [0.4, 0.5) is 5.69 Å². The van der Waals surface area contributed by atoms with Crippen molar-refractivity contribution in [3.8, 4) is 0 Å². The Hall–Kier alpha value is -2.31. The number of aromatic nitrogens is 1. The van der Waals surface area contributed by atoms with E-state index in [-0.39, 0.29) is 11.7 Å². The number of nitro benzene ring substituents is 1. The van der Waals surface area contributed by atoms with Crippen molar-refractivity contribution < 1.29 is 10.0 Å². The number of hydrogen-bond acceptors (Lipinski definition) is 5. The predicted octanol–water partition coefficient (Wildman–Crippen LogP) is 2.86. The molecule has 0 amide bonds. The molecule has 6 heteroatoms. The first-order valence-electron chi connectivity index (χ1n) is 7.71. The van der Waals surface area contributed by atoms with E-state index in [1.807, 2.05) is 12.1 Å². The van der Waals surface area contributed by atoms with Gasteiger partial charge in [0, 0.05) is 37.1 Å². The number of aliphatic hydroxyl groups excluding tert-OH is 1. The van der Waals surface area contributed by atoms with Gasteiger partial charge in [-0.2, -0.15) is 0 Å². The molecule has 0 aliphatic carbocycles. The molecule has 1 aromatic carbocycles. The van der Waals surface area contributed by atoms with Gasteiger partial charge in [-0.05, 0) is 42.6 Å². The van der Waals surface area contributed by atoms with E-state index in [4.69, 9.17) is 0 Å². The molecule has 23 heavy (non-hydrogen) atoms. The van der Waals surface area contributed by atoms with Crippen molar-refractivity contribution in [3.63, 3.8) is 0 Å². The van der Waals surface area contributed by atoms with Crippen LogP contribution in [0.1, 0.15) is 36.1 Å². The number of aliphatic hydroxyl groups is 1. The highest BCUT2D eigenvalue weighted by molar-refractivity contribution is 5.35. The van der Waals surface area contributed by atoms with Crippen molar-refractivity contribution in [2.24, 2.45) is 0 Å². The van der Waals surface area contributed by atoms with Gasteiger partial charge in [-0.3, -0.25) is 20.0 Å². The summed E-state index contributed by atoms with van der Waals surface area (Å²) < 4.78 is 0. The third-order valence-corrected chi connectivity index (χ3v) is 4.33. The highest BCUT2D eigenvalue weighted by Crippen LogP contribution is 2.33. The van der Waals surface area contributed by atoms with Gasteiger partial charge in [-0.15, -0.1) is 0 Å². The molecule has 1 aromatic heterocycles. The SMILES string of the molecule is O=[N+]([O-])c1cccc(C(O)CN2CCCC2c2ccncc2)c1. The van der Waals surface area contributed by atoms with E-state index in [0.29, 0.717) is 12.1 Å². The second-order valence-corrected chi connectivity index (χ2v) is 5.80.